The Hall–Kier alpha value is -2.49. The molecule has 0 spiro atoms. The predicted octanol–water partition coefficient (Wildman–Crippen LogP) is 3.50. The van der Waals surface area contributed by atoms with Gasteiger partial charge in [-0.1, -0.05) is 30.3 Å². The van der Waals surface area contributed by atoms with E-state index < -0.39 is 0 Å². The van der Waals surface area contributed by atoms with Gasteiger partial charge in [-0.2, -0.15) is 0 Å². The van der Waals surface area contributed by atoms with Crippen LogP contribution in [0.1, 0.15) is 34.5 Å². The molecule has 0 bridgehead atoms. The van der Waals surface area contributed by atoms with Gasteiger partial charge in [0.15, 0.2) is 0 Å². The number of hydrogen-bond acceptors (Lipinski definition) is 3. The summed E-state index contributed by atoms with van der Waals surface area (Å²) in [7, 11) is 3.15. The largest absolute Gasteiger partial charge is 0.496 e. The smallest absolute Gasteiger partial charge is 0.255 e. The van der Waals surface area contributed by atoms with E-state index in [-0.39, 0.29) is 11.9 Å². The molecule has 1 unspecified atom stereocenters. The van der Waals surface area contributed by atoms with Crippen molar-refractivity contribution in [3.8, 4) is 11.5 Å². The van der Waals surface area contributed by atoms with Crippen molar-refractivity contribution in [1.29, 1.82) is 0 Å². The van der Waals surface area contributed by atoms with Crippen molar-refractivity contribution in [1.82, 2.24) is 5.32 Å². The second kappa shape index (κ2) is 6.98. The van der Waals surface area contributed by atoms with E-state index in [0.29, 0.717) is 17.1 Å². The summed E-state index contributed by atoms with van der Waals surface area (Å²) in [5.74, 6) is 1.07. The molecule has 2 aromatic carbocycles. The zero-order valence-electron chi connectivity index (χ0n) is 13.3. The van der Waals surface area contributed by atoms with E-state index >= 15 is 0 Å². The van der Waals surface area contributed by atoms with Crippen molar-refractivity contribution in [2.24, 2.45) is 0 Å². The Balaban J connectivity index is 2.25. The van der Waals surface area contributed by atoms with E-state index in [1.165, 1.54) is 0 Å². The molecule has 116 valence electrons. The molecule has 2 rings (SSSR count). The van der Waals surface area contributed by atoms with Gasteiger partial charge in [0.2, 0.25) is 0 Å². The lowest BCUT2D eigenvalue weighted by molar-refractivity contribution is 0.0936. The third-order valence-electron chi connectivity index (χ3n) is 3.67. The fraction of sp³-hybridized carbons (Fsp3) is 0.278. The summed E-state index contributed by atoms with van der Waals surface area (Å²) in [5.41, 5.74) is 2.37. The van der Waals surface area contributed by atoms with Crippen LogP contribution < -0.4 is 14.8 Å². The van der Waals surface area contributed by atoms with Gasteiger partial charge < -0.3 is 14.8 Å². The number of ether oxygens (including phenoxy) is 2. The molecule has 0 heterocycles. The maximum absolute atomic E-state index is 12.5. The van der Waals surface area contributed by atoms with E-state index in [2.05, 4.69) is 5.32 Å². The van der Waals surface area contributed by atoms with Crippen LogP contribution in [-0.2, 0) is 0 Å². The lowest BCUT2D eigenvalue weighted by atomic mass is 10.1. The molecule has 0 saturated carbocycles. The van der Waals surface area contributed by atoms with Crippen LogP contribution in [0.25, 0.3) is 0 Å². The Morgan fingerprint density at radius 1 is 1.05 bits per heavy atom. The van der Waals surface area contributed by atoms with E-state index in [1.54, 1.807) is 26.4 Å². The normalized spacial score (nSPS) is 11.6. The number of hydrogen-bond donors (Lipinski definition) is 1. The zero-order valence-corrected chi connectivity index (χ0v) is 13.3. The first-order chi connectivity index (χ1) is 10.6. The van der Waals surface area contributed by atoms with E-state index in [4.69, 9.17) is 9.47 Å². The van der Waals surface area contributed by atoms with Gasteiger partial charge in [-0.05, 0) is 31.5 Å². The molecule has 4 nitrogen and oxygen atoms in total. The van der Waals surface area contributed by atoms with Crippen molar-refractivity contribution < 1.29 is 14.3 Å². The van der Waals surface area contributed by atoms with Gasteiger partial charge in [0, 0.05) is 5.56 Å². The lowest BCUT2D eigenvalue weighted by Crippen LogP contribution is -2.27. The van der Waals surface area contributed by atoms with Crippen LogP contribution in [-0.4, -0.2) is 20.1 Å². The first-order valence-corrected chi connectivity index (χ1v) is 7.15. The molecule has 0 saturated heterocycles. The molecule has 0 aliphatic heterocycles. The summed E-state index contributed by atoms with van der Waals surface area (Å²) in [6.07, 6.45) is 0. The second-order valence-corrected chi connectivity index (χ2v) is 5.08. The van der Waals surface area contributed by atoms with Crippen LogP contribution in [0.15, 0.2) is 42.5 Å². The Morgan fingerprint density at radius 3 is 2.32 bits per heavy atom. The molecular formula is C18H21NO3. The summed E-state index contributed by atoms with van der Waals surface area (Å²) in [4.78, 5) is 12.5. The average Bonchev–Trinajstić information content (AvgIpc) is 2.55. The Morgan fingerprint density at radius 2 is 1.73 bits per heavy atom. The van der Waals surface area contributed by atoms with Gasteiger partial charge in [0.1, 0.15) is 11.5 Å². The average molecular weight is 299 g/mol. The minimum Gasteiger partial charge on any atom is -0.496 e. The molecule has 0 aromatic heterocycles. The first kappa shape index (κ1) is 15.9. The van der Waals surface area contributed by atoms with Crippen LogP contribution in [0.2, 0.25) is 0 Å². The summed E-state index contributed by atoms with van der Waals surface area (Å²) < 4.78 is 10.6. The predicted molar refractivity (Wildman–Crippen MR) is 86.6 cm³/mol. The minimum absolute atomic E-state index is 0.0826. The van der Waals surface area contributed by atoms with Crippen molar-refractivity contribution >= 4 is 5.91 Å². The van der Waals surface area contributed by atoms with Gasteiger partial charge in [-0.15, -0.1) is 0 Å². The SMILES string of the molecule is COc1ccc(C(=O)NC(C)c2ccccc2)c(OC)c1C. The van der Waals surface area contributed by atoms with Crippen LogP contribution in [0, 0.1) is 6.92 Å². The van der Waals surface area contributed by atoms with E-state index in [0.717, 1.165) is 11.1 Å². The highest BCUT2D eigenvalue weighted by Gasteiger charge is 2.19. The zero-order chi connectivity index (χ0) is 16.1. The fourth-order valence-corrected chi connectivity index (χ4v) is 2.44. The lowest BCUT2D eigenvalue weighted by Gasteiger charge is -2.17. The number of methoxy groups -OCH3 is 2. The molecule has 1 atom stereocenters. The Labute approximate surface area is 131 Å². The van der Waals surface area contributed by atoms with Gasteiger partial charge in [-0.3, -0.25) is 4.79 Å². The number of rotatable bonds is 5. The molecular weight excluding hydrogens is 278 g/mol. The number of carbonyl (C=O) groups is 1. The summed E-state index contributed by atoms with van der Waals surface area (Å²) in [5, 5.41) is 2.99. The Bertz CT molecular complexity index is 653. The topological polar surface area (TPSA) is 47.6 Å². The molecule has 2 aromatic rings. The molecule has 0 aliphatic carbocycles. The molecule has 1 N–H and O–H groups in total. The number of benzene rings is 2. The maximum Gasteiger partial charge on any atom is 0.255 e. The molecule has 0 aliphatic rings. The Kier molecular flexibility index (Phi) is 5.04. The molecule has 0 radical (unpaired) electrons. The minimum atomic E-state index is -0.168. The van der Waals surface area contributed by atoms with Gasteiger partial charge in [0.25, 0.3) is 5.91 Å². The molecule has 1 amide bonds. The van der Waals surface area contributed by atoms with Crippen molar-refractivity contribution in [3.63, 3.8) is 0 Å². The standard InChI is InChI=1S/C18H21NO3/c1-12-16(21-3)11-10-15(17(12)22-4)18(20)19-13(2)14-8-6-5-7-9-14/h5-11,13H,1-4H3,(H,19,20). The van der Waals surface area contributed by atoms with Gasteiger partial charge >= 0.3 is 0 Å². The summed E-state index contributed by atoms with van der Waals surface area (Å²) in [6.45, 7) is 3.82. The highest BCUT2D eigenvalue weighted by molar-refractivity contribution is 5.98. The quantitative estimate of drug-likeness (QED) is 0.919. The highest BCUT2D eigenvalue weighted by atomic mass is 16.5. The molecule has 0 fully saturated rings. The summed E-state index contributed by atoms with van der Waals surface area (Å²) >= 11 is 0. The van der Waals surface area contributed by atoms with Crippen LogP contribution in [0.5, 0.6) is 11.5 Å². The maximum atomic E-state index is 12.5. The van der Waals surface area contributed by atoms with E-state index in [1.807, 2.05) is 44.2 Å². The third-order valence-corrected chi connectivity index (χ3v) is 3.67. The van der Waals surface area contributed by atoms with Crippen LogP contribution in [0.4, 0.5) is 0 Å². The van der Waals surface area contributed by atoms with Gasteiger partial charge in [0.05, 0.1) is 25.8 Å². The van der Waals surface area contributed by atoms with Crippen molar-refractivity contribution in [2.75, 3.05) is 14.2 Å². The van der Waals surface area contributed by atoms with Crippen molar-refractivity contribution in [2.45, 2.75) is 19.9 Å². The number of carbonyl (C=O) groups excluding carboxylic acids is 1. The second-order valence-electron chi connectivity index (χ2n) is 5.08. The highest BCUT2D eigenvalue weighted by Crippen LogP contribution is 2.31. The molecule has 4 heteroatoms. The van der Waals surface area contributed by atoms with Crippen molar-refractivity contribution in [3.05, 3.63) is 59.2 Å². The summed E-state index contributed by atoms with van der Waals surface area (Å²) in [6, 6.07) is 13.3. The van der Waals surface area contributed by atoms with Gasteiger partial charge in [-0.25, -0.2) is 0 Å². The molecule has 22 heavy (non-hydrogen) atoms. The first-order valence-electron chi connectivity index (χ1n) is 7.15. The third kappa shape index (κ3) is 3.22. The fourth-order valence-electron chi connectivity index (χ4n) is 2.44. The monoisotopic (exact) mass is 299 g/mol. The number of nitrogens with one attached hydrogen (secondary N) is 1. The van der Waals surface area contributed by atoms with E-state index in [9.17, 15) is 4.79 Å². The number of amides is 1. The van der Waals surface area contributed by atoms with Crippen LogP contribution in [0.3, 0.4) is 0 Å². The van der Waals surface area contributed by atoms with Crippen LogP contribution >= 0.6 is 0 Å².